The number of piperidine rings is 1. The first-order valence-corrected chi connectivity index (χ1v) is 13.0. The Balaban J connectivity index is 1.63. The molecule has 5 saturated carbocycles. The molecule has 7 bridgehead atoms. The normalized spacial score (nSPS) is 58.6. The Morgan fingerprint density at radius 3 is 2.33 bits per heavy atom. The second kappa shape index (κ2) is 7.61. The molecule has 33 heavy (non-hydrogen) atoms. The Morgan fingerprint density at radius 2 is 1.73 bits per heavy atom. The van der Waals surface area contributed by atoms with E-state index in [4.69, 9.17) is 23.7 Å². The molecule has 1 N–H and O–H groups in total. The van der Waals surface area contributed by atoms with Gasteiger partial charge in [0, 0.05) is 89.1 Å². The third-order valence-electron chi connectivity index (χ3n) is 11.6. The summed E-state index contributed by atoms with van der Waals surface area (Å²) < 4.78 is 31.1. The van der Waals surface area contributed by atoms with Crippen molar-refractivity contribution in [3.05, 3.63) is 0 Å². The SMILES string of the molecule is CCN1CC2(COC)CCC(OC)C34C5CC6C(OC)CC(O)(C5C6OC)C(C(OC)C23)C14. The van der Waals surface area contributed by atoms with Crippen LogP contribution in [0.1, 0.15) is 32.6 Å². The third kappa shape index (κ3) is 2.41. The van der Waals surface area contributed by atoms with E-state index in [9.17, 15) is 5.11 Å². The fraction of sp³-hybridized carbons (Fsp3) is 1.00. The lowest BCUT2D eigenvalue weighted by Crippen LogP contribution is -2.76. The van der Waals surface area contributed by atoms with Crippen LogP contribution in [-0.4, -0.2) is 101 Å². The molecule has 0 amide bonds. The largest absolute Gasteiger partial charge is 0.389 e. The van der Waals surface area contributed by atoms with Crippen LogP contribution in [0.3, 0.4) is 0 Å². The van der Waals surface area contributed by atoms with Gasteiger partial charge in [0.15, 0.2) is 0 Å². The minimum atomic E-state index is -0.873. The quantitative estimate of drug-likeness (QED) is 0.615. The van der Waals surface area contributed by atoms with Gasteiger partial charge in [-0.05, 0) is 31.7 Å². The summed E-state index contributed by atoms with van der Waals surface area (Å²) in [5.41, 5.74) is -0.931. The number of ether oxygens (including phenoxy) is 5. The monoisotopic (exact) mass is 465 g/mol. The average molecular weight is 466 g/mol. The molecule has 13 atom stereocenters. The van der Waals surface area contributed by atoms with E-state index in [-0.39, 0.29) is 53.1 Å². The van der Waals surface area contributed by atoms with E-state index >= 15 is 0 Å². The van der Waals surface area contributed by atoms with Crippen molar-refractivity contribution in [1.29, 1.82) is 0 Å². The van der Waals surface area contributed by atoms with Gasteiger partial charge in [0.25, 0.3) is 0 Å². The summed E-state index contributed by atoms with van der Waals surface area (Å²) in [6, 6.07) is 0.241. The number of fused-ring (bicyclic) bond motifs is 2. The Hall–Kier alpha value is -0.280. The van der Waals surface area contributed by atoms with Crippen molar-refractivity contribution in [1.82, 2.24) is 4.90 Å². The number of methoxy groups -OCH3 is 5. The van der Waals surface area contributed by atoms with E-state index in [2.05, 4.69) is 11.8 Å². The maximum atomic E-state index is 12.8. The Labute approximate surface area is 198 Å². The molecule has 0 aromatic heterocycles. The molecule has 13 unspecified atom stereocenters. The molecule has 5 aliphatic carbocycles. The van der Waals surface area contributed by atoms with Crippen molar-refractivity contribution < 1.29 is 28.8 Å². The first-order chi connectivity index (χ1) is 15.9. The van der Waals surface area contributed by atoms with Crippen LogP contribution in [0.25, 0.3) is 0 Å². The highest BCUT2D eigenvalue weighted by atomic mass is 16.5. The van der Waals surface area contributed by atoms with Crippen molar-refractivity contribution in [2.75, 3.05) is 55.2 Å². The van der Waals surface area contributed by atoms with Crippen molar-refractivity contribution in [3.8, 4) is 0 Å². The van der Waals surface area contributed by atoms with E-state index in [1.165, 1.54) is 0 Å². The lowest BCUT2D eigenvalue weighted by atomic mass is 9.43. The highest BCUT2D eigenvalue weighted by Crippen LogP contribution is 2.79. The predicted octanol–water partition coefficient (Wildman–Crippen LogP) is 1.81. The molecule has 0 aromatic carbocycles. The van der Waals surface area contributed by atoms with Crippen LogP contribution in [0.5, 0.6) is 0 Å². The van der Waals surface area contributed by atoms with Crippen molar-refractivity contribution in [2.45, 2.75) is 68.7 Å². The molecular weight excluding hydrogens is 422 g/mol. The summed E-state index contributed by atoms with van der Waals surface area (Å²) in [5.74, 6) is 1.05. The van der Waals surface area contributed by atoms with Crippen LogP contribution in [0, 0.1) is 40.4 Å². The maximum Gasteiger partial charge on any atom is 0.0796 e. The number of nitrogens with zero attached hydrogens (tertiary/aromatic N) is 1. The van der Waals surface area contributed by atoms with Crippen LogP contribution in [0.2, 0.25) is 0 Å². The summed E-state index contributed by atoms with van der Waals surface area (Å²) in [5, 5.41) is 12.8. The number of likely N-dealkylation sites (tertiary alicyclic amines) is 1. The lowest BCUT2D eigenvalue weighted by molar-refractivity contribution is -0.277. The summed E-state index contributed by atoms with van der Waals surface area (Å²) in [7, 11) is 9.22. The van der Waals surface area contributed by atoms with E-state index < -0.39 is 5.60 Å². The number of hydrogen-bond acceptors (Lipinski definition) is 7. The van der Waals surface area contributed by atoms with Gasteiger partial charge in [-0.2, -0.15) is 0 Å². The van der Waals surface area contributed by atoms with Gasteiger partial charge in [0.05, 0.1) is 36.6 Å². The molecule has 7 heteroatoms. The predicted molar refractivity (Wildman–Crippen MR) is 122 cm³/mol. The van der Waals surface area contributed by atoms with Gasteiger partial charge in [-0.1, -0.05) is 6.92 Å². The van der Waals surface area contributed by atoms with Crippen LogP contribution in [0.15, 0.2) is 0 Å². The number of rotatable bonds is 7. The van der Waals surface area contributed by atoms with Gasteiger partial charge >= 0.3 is 0 Å². The lowest BCUT2D eigenvalue weighted by Gasteiger charge is -2.69. The molecule has 1 aliphatic heterocycles. The number of aliphatic hydroxyl groups is 1. The summed E-state index contributed by atoms with van der Waals surface area (Å²) in [6.45, 7) is 4.99. The maximum absolute atomic E-state index is 12.8. The van der Waals surface area contributed by atoms with Crippen LogP contribution >= 0.6 is 0 Å². The second-order valence-electron chi connectivity index (χ2n) is 12.0. The van der Waals surface area contributed by atoms with Gasteiger partial charge in [-0.15, -0.1) is 0 Å². The van der Waals surface area contributed by atoms with Gasteiger partial charge in [0.2, 0.25) is 0 Å². The summed E-state index contributed by atoms with van der Waals surface area (Å²) in [4.78, 5) is 2.67. The van der Waals surface area contributed by atoms with Crippen molar-refractivity contribution in [2.24, 2.45) is 40.4 Å². The topological polar surface area (TPSA) is 69.6 Å². The first kappa shape index (κ1) is 23.1. The van der Waals surface area contributed by atoms with Crippen LogP contribution < -0.4 is 0 Å². The molecule has 0 aromatic rings. The van der Waals surface area contributed by atoms with Gasteiger partial charge in [-0.3, -0.25) is 4.90 Å². The minimum absolute atomic E-state index is 0.0116. The fourth-order valence-electron chi connectivity index (χ4n) is 11.3. The summed E-state index contributed by atoms with van der Waals surface area (Å²) >= 11 is 0. The molecular formula is C26H43NO6. The van der Waals surface area contributed by atoms with Crippen molar-refractivity contribution >= 4 is 0 Å². The zero-order chi connectivity index (χ0) is 23.3. The zero-order valence-corrected chi connectivity index (χ0v) is 21.2. The highest BCUT2D eigenvalue weighted by molar-refractivity contribution is 5.35. The van der Waals surface area contributed by atoms with E-state index in [1.54, 1.807) is 7.11 Å². The van der Waals surface area contributed by atoms with E-state index in [0.717, 1.165) is 39.0 Å². The Kier molecular flexibility index (Phi) is 5.34. The zero-order valence-electron chi connectivity index (χ0n) is 21.2. The second-order valence-corrected chi connectivity index (χ2v) is 12.0. The fourth-order valence-corrected chi connectivity index (χ4v) is 11.3. The highest BCUT2D eigenvalue weighted by Gasteiger charge is 2.86. The van der Waals surface area contributed by atoms with Crippen molar-refractivity contribution in [3.63, 3.8) is 0 Å². The number of hydrogen-bond donors (Lipinski definition) is 1. The summed E-state index contributed by atoms with van der Waals surface area (Å²) in [6.07, 6.45) is 3.98. The molecule has 0 radical (unpaired) electrons. The van der Waals surface area contributed by atoms with Crippen LogP contribution in [-0.2, 0) is 23.7 Å². The third-order valence-corrected chi connectivity index (χ3v) is 11.6. The van der Waals surface area contributed by atoms with Gasteiger partial charge in [-0.25, -0.2) is 0 Å². The molecule has 1 spiro atoms. The van der Waals surface area contributed by atoms with Crippen LogP contribution in [0.4, 0.5) is 0 Å². The molecule has 188 valence electrons. The molecule has 1 heterocycles. The molecule has 1 saturated heterocycles. The smallest absolute Gasteiger partial charge is 0.0796 e. The van der Waals surface area contributed by atoms with Gasteiger partial charge in [0.1, 0.15) is 0 Å². The Morgan fingerprint density at radius 1 is 0.970 bits per heavy atom. The molecule has 6 fully saturated rings. The average Bonchev–Trinajstić information content (AvgIpc) is 3.27. The minimum Gasteiger partial charge on any atom is -0.389 e. The van der Waals surface area contributed by atoms with E-state index in [1.807, 2.05) is 28.4 Å². The van der Waals surface area contributed by atoms with E-state index in [0.29, 0.717) is 24.2 Å². The molecule has 6 aliphatic rings. The molecule has 6 rings (SSSR count). The Bertz CT molecular complexity index is 782. The van der Waals surface area contributed by atoms with Gasteiger partial charge < -0.3 is 28.8 Å². The standard InChI is InChI=1S/C26H43NO6/c1-7-27-12-24(13-29-2)9-8-17(31-4)26-15-10-14-16(30-3)11-25(28,18(15)20(14)32-5)19(23(26)27)21(33-6)22(24)26/h14-23,28H,7-13H2,1-6H3. The molecule has 7 nitrogen and oxygen atoms in total. The first-order valence-electron chi connectivity index (χ1n) is 13.0.